The van der Waals surface area contributed by atoms with Crippen LogP contribution in [-0.4, -0.2) is 30.2 Å². The fourth-order valence-electron chi connectivity index (χ4n) is 3.10. The molecule has 1 N–H and O–H groups in total. The minimum absolute atomic E-state index is 0.636. The largest absolute Gasteiger partial charge is 0.493 e. The molecule has 0 aliphatic carbocycles. The second kappa shape index (κ2) is 9.36. The van der Waals surface area contributed by atoms with Crippen LogP contribution in [0.5, 0.6) is 11.5 Å². The Kier molecular flexibility index (Phi) is 6.19. The molecule has 0 aliphatic heterocycles. The van der Waals surface area contributed by atoms with E-state index in [1.807, 2.05) is 83.7 Å². The lowest BCUT2D eigenvalue weighted by atomic mass is 10.1. The van der Waals surface area contributed by atoms with E-state index in [9.17, 15) is 0 Å². The second-order valence-electron chi connectivity index (χ2n) is 6.66. The van der Waals surface area contributed by atoms with Crippen molar-refractivity contribution in [2.45, 2.75) is 0 Å². The number of hydrazone groups is 1. The van der Waals surface area contributed by atoms with E-state index < -0.39 is 0 Å². The van der Waals surface area contributed by atoms with Gasteiger partial charge in [-0.3, -0.25) is 5.43 Å². The van der Waals surface area contributed by atoms with Gasteiger partial charge < -0.3 is 9.47 Å². The van der Waals surface area contributed by atoms with Crippen molar-refractivity contribution in [3.63, 3.8) is 0 Å². The molecule has 0 saturated carbocycles. The summed E-state index contributed by atoms with van der Waals surface area (Å²) in [6.45, 7) is 0. The van der Waals surface area contributed by atoms with Crippen LogP contribution in [0.15, 0.2) is 84.1 Å². The smallest absolute Gasteiger partial charge is 0.161 e. The average Bonchev–Trinajstić information content (AvgIpc) is 3.24. The summed E-state index contributed by atoms with van der Waals surface area (Å²) in [5.41, 5.74) is 7.31. The van der Waals surface area contributed by atoms with Crippen LogP contribution in [0.2, 0.25) is 5.02 Å². The SMILES string of the molecule is COc1ccc(-c2nn(-c3ccccc3)cc2/C=N/Nc2ccc(Cl)cc2)cc1OC. The third-order valence-electron chi connectivity index (χ3n) is 4.66. The fraction of sp³-hybridized carbons (Fsp3) is 0.0833. The van der Waals surface area contributed by atoms with Gasteiger partial charge in [-0.1, -0.05) is 29.8 Å². The Balaban J connectivity index is 1.71. The quantitative estimate of drug-likeness (QED) is 0.302. The molecule has 7 heteroatoms. The number of aromatic nitrogens is 2. The average molecular weight is 433 g/mol. The van der Waals surface area contributed by atoms with Crippen molar-refractivity contribution in [3.8, 4) is 28.4 Å². The number of ether oxygens (including phenoxy) is 2. The predicted octanol–water partition coefficient (Wildman–Crippen LogP) is 5.66. The van der Waals surface area contributed by atoms with Gasteiger partial charge in [-0.2, -0.15) is 10.2 Å². The van der Waals surface area contributed by atoms with E-state index in [1.54, 1.807) is 20.4 Å². The summed E-state index contributed by atoms with van der Waals surface area (Å²) in [5.74, 6) is 1.30. The number of methoxy groups -OCH3 is 2. The van der Waals surface area contributed by atoms with Gasteiger partial charge in [-0.05, 0) is 54.6 Å². The van der Waals surface area contributed by atoms with E-state index in [-0.39, 0.29) is 0 Å². The van der Waals surface area contributed by atoms with Crippen LogP contribution in [0.1, 0.15) is 5.56 Å². The molecule has 0 radical (unpaired) electrons. The number of hydrogen-bond donors (Lipinski definition) is 1. The molecular formula is C24H21ClN4O2. The number of hydrogen-bond acceptors (Lipinski definition) is 5. The minimum atomic E-state index is 0.636. The van der Waals surface area contributed by atoms with E-state index in [2.05, 4.69) is 10.5 Å². The van der Waals surface area contributed by atoms with E-state index in [0.29, 0.717) is 16.5 Å². The van der Waals surface area contributed by atoms with Gasteiger partial charge >= 0.3 is 0 Å². The topological polar surface area (TPSA) is 60.7 Å². The first-order valence-electron chi connectivity index (χ1n) is 9.60. The lowest BCUT2D eigenvalue weighted by molar-refractivity contribution is 0.355. The Morgan fingerprint density at radius 3 is 2.39 bits per heavy atom. The van der Waals surface area contributed by atoms with Gasteiger partial charge in [0.25, 0.3) is 0 Å². The van der Waals surface area contributed by atoms with Crippen molar-refractivity contribution in [2.24, 2.45) is 5.10 Å². The maximum Gasteiger partial charge on any atom is 0.161 e. The van der Waals surface area contributed by atoms with Gasteiger partial charge in [-0.25, -0.2) is 4.68 Å². The van der Waals surface area contributed by atoms with Crippen LogP contribution in [0.4, 0.5) is 5.69 Å². The Morgan fingerprint density at radius 1 is 0.935 bits per heavy atom. The van der Waals surface area contributed by atoms with E-state index >= 15 is 0 Å². The van der Waals surface area contributed by atoms with Gasteiger partial charge in [0.2, 0.25) is 0 Å². The zero-order valence-electron chi connectivity index (χ0n) is 17.1. The molecule has 0 bridgehead atoms. The van der Waals surface area contributed by atoms with Crippen LogP contribution in [-0.2, 0) is 0 Å². The van der Waals surface area contributed by atoms with Crippen LogP contribution in [0.25, 0.3) is 16.9 Å². The highest BCUT2D eigenvalue weighted by atomic mass is 35.5. The lowest BCUT2D eigenvalue weighted by Gasteiger charge is -2.09. The zero-order valence-corrected chi connectivity index (χ0v) is 17.9. The predicted molar refractivity (Wildman–Crippen MR) is 125 cm³/mol. The fourth-order valence-corrected chi connectivity index (χ4v) is 3.23. The molecule has 1 aromatic heterocycles. The Bertz CT molecular complexity index is 1190. The van der Waals surface area contributed by atoms with E-state index in [4.69, 9.17) is 26.2 Å². The number of anilines is 1. The standard InChI is InChI=1S/C24H21ClN4O2/c1-30-22-13-8-17(14-23(22)31-2)24-18(15-26-27-20-11-9-19(25)10-12-20)16-29(28-24)21-6-4-3-5-7-21/h3-16,27H,1-2H3/b26-15+. The van der Waals surface area contributed by atoms with Crippen LogP contribution in [0.3, 0.4) is 0 Å². The van der Waals surface area contributed by atoms with Gasteiger partial charge in [0, 0.05) is 22.3 Å². The third kappa shape index (κ3) is 4.70. The van der Waals surface area contributed by atoms with E-state index in [0.717, 1.165) is 28.2 Å². The molecule has 0 saturated heterocycles. The molecule has 0 amide bonds. The van der Waals surface area contributed by atoms with Crippen molar-refractivity contribution < 1.29 is 9.47 Å². The lowest BCUT2D eigenvalue weighted by Crippen LogP contribution is -1.95. The summed E-state index contributed by atoms with van der Waals surface area (Å²) < 4.78 is 12.6. The number of para-hydroxylation sites is 1. The molecule has 3 aromatic carbocycles. The number of nitrogens with one attached hydrogen (secondary N) is 1. The minimum Gasteiger partial charge on any atom is -0.493 e. The summed E-state index contributed by atoms with van der Waals surface area (Å²) in [6, 6.07) is 23.0. The molecule has 0 aliphatic rings. The van der Waals surface area contributed by atoms with Crippen molar-refractivity contribution in [3.05, 3.63) is 89.6 Å². The molecular weight excluding hydrogens is 412 g/mol. The number of halogens is 1. The van der Waals surface area contributed by atoms with Gasteiger partial charge in [0.15, 0.2) is 11.5 Å². The summed E-state index contributed by atoms with van der Waals surface area (Å²) in [5, 5.41) is 9.86. The summed E-state index contributed by atoms with van der Waals surface area (Å²) in [7, 11) is 3.23. The van der Waals surface area contributed by atoms with E-state index in [1.165, 1.54) is 0 Å². The summed E-state index contributed by atoms with van der Waals surface area (Å²) in [4.78, 5) is 0. The van der Waals surface area contributed by atoms with Gasteiger partial charge in [0.05, 0.1) is 31.8 Å². The van der Waals surface area contributed by atoms with Crippen LogP contribution in [0, 0.1) is 0 Å². The third-order valence-corrected chi connectivity index (χ3v) is 4.91. The molecule has 0 atom stereocenters. The second-order valence-corrected chi connectivity index (χ2v) is 7.10. The molecule has 4 rings (SSSR count). The molecule has 0 spiro atoms. The van der Waals surface area contributed by atoms with Crippen molar-refractivity contribution in [1.29, 1.82) is 0 Å². The van der Waals surface area contributed by atoms with Crippen molar-refractivity contribution >= 4 is 23.5 Å². The molecule has 6 nitrogen and oxygen atoms in total. The van der Waals surface area contributed by atoms with Crippen LogP contribution >= 0.6 is 11.6 Å². The Labute approximate surface area is 185 Å². The van der Waals surface area contributed by atoms with Gasteiger partial charge in [-0.15, -0.1) is 0 Å². The number of rotatable bonds is 7. The Morgan fingerprint density at radius 2 is 1.68 bits per heavy atom. The van der Waals surface area contributed by atoms with Crippen molar-refractivity contribution in [1.82, 2.24) is 9.78 Å². The number of benzene rings is 3. The molecule has 156 valence electrons. The first-order valence-corrected chi connectivity index (χ1v) is 9.98. The highest BCUT2D eigenvalue weighted by Crippen LogP contribution is 2.33. The molecule has 0 fully saturated rings. The molecule has 0 unspecified atom stereocenters. The first kappa shape index (κ1) is 20.5. The normalized spacial score (nSPS) is 10.9. The maximum absolute atomic E-state index is 5.94. The van der Waals surface area contributed by atoms with Crippen LogP contribution < -0.4 is 14.9 Å². The zero-order chi connectivity index (χ0) is 21.6. The van der Waals surface area contributed by atoms with Crippen molar-refractivity contribution in [2.75, 3.05) is 19.6 Å². The molecule has 1 heterocycles. The monoisotopic (exact) mass is 432 g/mol. The first-order chi connectivity index (χ1) is 15.2. The maximum atomic E-state index is 5.94. The summed E-state index contributed by atoms with van der Waals surface area (Å²) >= 11 is 5.94. The molecule has 4 aromatic rings. The Hall–Kier alpha value is -3.77. The number of nitrogens with zero attached hydrogens (tertiary/aromatic N) is 3. The highest BCUT2D eigenvalue weighted by molar-refractivity contribution is 6.30. The summed E-state index contributed by atoms with van der Waals surface area (Å²) in [6.07, 6.45) is 3.68. The van der Waals surface area contributed by atoms with Gasteiger partial charge in [0.1, 0.15) is 5.69 Å². The molecule has 31 heavy (non-hydrogen) atoms. The highest BCUT2D eigenvalue weighted by Gasteiger charge is 2.14.